The fourth-order valence-corrected chi connectivity index (χ4v) is 5.28. The molecule has 1 aromatic carbocycles. The zero-order valence-corrected chi connectivity index (χ0v) is 13.0. The molecule has 1 saturated carbocycles. The van der Waals surface area contributed by atoms with Crippen LogP contribution in [0.5, 0.6) is 0 Å². The summed E-state index contributed by atoms with van der Waals surface area (Å²) < 4.78 is 41.0. The maximum atomic E-state index is 14.1. The van der Waals surface area contributed by atoms with Crippen molar-refractivity contribution in [3.63, 3.8) is 0 Å². The molecule has 6 heteroatoms. The SMILES string of the molecule is CCNCc1ccc(F)c(S(=O)(=O)N2CC3CCC2C3)c1. The molecule has 21 heavy (non-hydrogen) atoms. The Morgan fingerprint density at radius 1 is 1.38 bits per heavy atom. The van der Waals surface area contributed by atoms with Crippen LogP contribution in [0.1, 0.15) is 31.7 Å². The number of nitrogens with zero attached hydrogens (tertiary/aromatic N) is 1. The van der Waals surface area contributed by atoms with Crippen LogP contribution in [0.4, 0.5) is 4.39 Å². The molecule has 2 fully saturated rings. The minimum atomic E-state index is -3.72. The molecule has 1 aliphatic heterocycles. The van der Waals surface area contributed by atoms with Crippen LogP contribution in [0.15, 0.2) is 23.1 Å². The van der Waals surface area contributed by atoms with Gasteiger partial charge in [-0.3, -0.25) is 0 Å². The molecule has 4 nitrogen and oxygen atoms in total. The van der Waals surface area contributed by atoms with Crippen LogP contribution in [-0.4, -0.2) is 31.9 Å². The topological polar surface area (TPSA) is 49.4 Å². The third-order valence-corrected chi connectivity index (χ3v) is 6.45. The molecule has 1 aliphatic carbocycles. The predicted molar refractivity (Wildman–Crippen MR) is 78.8 cm³/mol. The van der Waals surface area contributed by atoms with E-state index in [9.17, 15) is 12.8 Å². The minimum Gasteiger partial charge on any atom is -0.313 e. The van der Waals surface area contributed by atoms with Gasteiger partial charge in [0.25, 0.3) is 0 Å². The largest absolute Gasteiger partial charge is 0.313 e. The molecule has 2 bridgehead atoms. The summed E-state index contributed by atoms with van der Waals surface area (Å²) in [5.41, 5.74) is 0.793. The fourth-order valence-electron chi connectivity index (χ4n) is 3.42. The Morgan fingerprint density at radius 2 is 2.19 bits per heavy atom. The number of benzene rings is 1. The van der Waals surface area contributed by atoms with E-state index in [4.69, 9.17) is 0 Å². The molecular weight excluding hydrogens is 291 g/mol. The highest BCUT2D eigenvalue weighted by atomic mass is 32.2. The molecule has 116 valence electrons. The fraction of sp³-hybridized carbons (Fsp3) is 0.600. The first-order chi connectivity index (χ1) is 10.0. The van der Waals surface area contributed by atoms with Crippen molar-refractivity contribution in [2.24, 2.45) is 5.92 Å². The lowest BCUT2D eigenvalue weighted by molar-refractivity contribution is 0.332. The molecule has 1 heterocycles. The van der Waals surface area contributed by atoms with E-state index < -0.39 is 15.8 Å². The van der Waals surface area contributed by atoms with Gasteiger partial charge in [0, 0.05) is 19.1 Å². The van der Waals surface area contributed by atoms with Gasteiger partial charge < -0.3 is 5.32 Å². The second-order valence-electron chi connectivity index (χ2n) is 5.95. The molecule has 3 rings (SSSR count). The Labute approximate surface area is 125 Å². The Balaban J connectivity index is 1.91. The van der Waals surface area contributed by atoms with Gasteiger partial charge in [-0.25, -0.2) is 12.8 Å². The van der Waals surface area contributed by atoms with E-state index in [0.29, 0.717) is 19.0 Å². The van der Waals surface area contributed by atoms with E-state index in [-0.39, 0.29) is 10.9 Å². The molecule has 1 saturated heterocycles. The molecule has 0 aromatic heterocycles. The molecule has 2 unspecified atom stereocenters. The monoisotopic (exact) mass is 312 g/mol. The van der Waals surface area contributed by atoms with Crippen molar-refractivity contribution in [2.75, 3.05) is 13.1 Å². The Kier molecular flexibility index (Phi) is 4.03. The van der Waals surface area contributed by atoms with Crippen molar-refractivity contribution in [3.8, 4) is 0 Å². The van der Waals surface area contributed by atoms with E-state index in [0.717, 1.165) is 31.4 Å². The molecule has 2 atom stereocenters. The van der Waals surface area contributed by atoms with Gasteiger partial charge in [-0.15, -0.1) is 0 Å². The van der Waals surface area contributed by atoms with E-state index in [1.54, 1.807) is 6.07 Å². The number of hydrogen-bond acceptors (Lipinski definition) is 3. The highest BCUT2D eigenvalue weighted by molar-refractivity contribution is 7.89. The van der Waals surface area contributed by atoms with Crippen molar-refractivity contribution in [3.05, 3.63) is 29.6 Å². The van der Waals surface area contributed by atoms with Crippen LogP contribution < -0.4 is 5.32 Å². The number of fused-ring (bicyclic) bond motifs is 2. The summed E-state index contributed by atoms with van der Waals surface area (Å²) in [4.78, 5) is -0.176. The maximum absolute atomic E-state index is 14.1. The Bertz CT molecular complexity index is 633. The molecule has 0 amide bonds. The Hall–Kier alpha value is -0.980. The van der Waals surface area contributed by atoms with Gasteiger partial charge in [0.15, 0.2) is 0 Å². The smallest absolute Gasteiger partial charge is 0.246 e. The quantitative estimate of drug-likeness (QED) is 0.906. The minimum absolute atomic E-state index is 0.0665. The molecule has 1 aromatic rings. The van der Waals surface area contributed by atoms with Gasteiger partial charge in [-0.05, 0) is 49.4 Å². The molecule has 0 spiro atoms. The van der Waals surface area contributed by atoms with Gasteiger partial charge in [0.05, 0.1) is 0 Å². The first-order valence-electron chi connectivity index (χ1n) is 7.53. The van der Waals surface area contributed by atoms with Crippen LogP contribution in [0.2, 0.25) is 0 Å². The van der Waals surface area contributed by atoms with Gasteiger partial charge in [0.2, 0.25) is 10.0 Å². The highest BCUT2D eigenvalue weighted by Crippen LogP contribution is 2.40. The van der Waals surface area contributed by atoms with Crippen LogP contribution >= 0.6 is 0 Å². The molecule has 0 radical (unpaired) electrons. The summed E-state index contributed by atoms with van der Waals surface area (Å²) in [5.74, 6) is -0.198. The van der Waals surface area contributed by atoms with Gasteiger partial charge in [-0.1, -0.05) is 13.0 Å². The summed E-state index contributed by atoms with van der Waals surface area (Å²) in [6, 6.07) is 4.43. The van der Waals surface area contributed by atoms with E-state index in [2.05, 4.69) is 5.32 Å². The van der Waals surface area contributed by atoms with Crippen molar-refractivity contribution >= 4 is 10.0 Å². The zero-order valence-electron chi connectivity index (χ0n) is 12.2. The molecular formula is C15H21FN2O2S. The number of nitrogens with one attached hydrogen (secondary N) is 1. The highest BCUT2D eigenvalue weighted by Gasteiger charge is 2.44. The normalized spacial score (nSPS) is 25.6. The number of sulfonamides is 1. The maximum Gasteiger partial charge on any atom is 0.246 e. The predicted octanol–water partition coefficient (Wildman–Crippen LogP) is 2.11. The van der Waals surface area contributed by atoms with Crippen molar-refractivity contribution < 1.29 is 12.8 Å². The van der Waals surface area contributed by atoms with Crippen LogP contribution in [-0.2, 0) is 16.6 Å². The van der Waals surface area contributed by atoms with Crippen molar-refractivity contribution in [1.29, 1.82) is 0 Å². The molecule has 1 N–H and O–H groups in total. The third kappa shape index (κ3) is 2.72. The Morgan fingerprint density at radius 3 is 2.81 bits per heavy atom. The second kappa shape index (κ2) is 5.66. The molecule has 2 aliphatic rings. The standard InChI is InChI=1S/C15H21FN2O2S/c1-2-17-9-11-4-6-14(16)15(8-11)21(19,20)18-10-12-3-5-13(18)7-12/h4,6,8,12-13,17H,2-3,5,7,9-10H2,1H3. The number of rotatable bonds is 5. The summed E-state index contributed by atoms with van der Waals surface area (Å²) in [6.45, 7) is 3.85. The first-order valence-corrected chi connectivity index (χ1v) is 8.97. The summed E-state index contributed by atoms with van der Waals surface area (Å²) in [7, 11) is -3.72. The van der Waals surface area contributed by atoms with Gasteiger partial charge in [0.1, 0.15) is 10.7 Å². The second-order valence-corrected chi connectivity index (χ2v) is 7.81. The average Bonchev–Trinajstić information content (AvgIpc) is 3.09. The van der Waals surface area contributed by atoms with Gasteiger partial charge in [-0.2, -0.15) is 4.31 Å². The van der Waals surface area contributed by atoms with Crippen LogP contribution in [0.25, 0.3) is 0 Å². The van der Waals surface area contributed by atoms with Gasteiger partial charge >= 0.3 is 0 Å². The number of hydrogen-bond donors (Lipinski definition) is 1. The van der Waals surface area contributed by atoms with E-state index >= 15 is 0 Å². The van der Waals surface area contributed by atoms with Crippen molar-refractivity contribution in [1.82, 2.24) is 9.62 Å². The zero-order chi connectivity index (χ0) is 15.0. The summed E-state index contributed by atoms with van der Waals surface area (Å²) in [6.07, 6.45) is 2.93. The summed E-state index contributed by atoms with van der Waals surface area (Å²) >= 11 is 0. The van der Waals surface area contributed by atoms with E-state index in [1.807, 2.05) is 6.92 Å². The first kappa shape index (κ1) is 14.9. The number of piperidine rings is 1. The lowest BCUT2D eigenvalue weighted by Crippen LogP contribution is -2.38. The summed E-state index contributed by atoms with van der Waals surface area (Å²) in [5, 5.41) is 3.13. The lowest BCUT2D eigenvalue weighted by Gasteiger charge is -2.26. The lowest BCUT2D eigenvalue weighted by atomic mass is 10.1. The third-order valence-electron chi connectivity index (χ3n) is 4.52. The number of halogens is 1. The van der Waals surface area contributed by atoms with E-state index in [1.165, 1.54) is 16.4 Å². The van der Waals surface area contributed by atoms with Crippen LogP contribution in [0, 0.1) is 11.7 Å². The van der Waals surface area contributed by atoms with Crippen molar-refractivity contribution in [2.45, 2.75) is 43.7 Å². The average molecular weight is 312 g/mol. The van der Waals surface area contributed by atoms with Crippen LogP contribution in [0.3, 0.4) is 0 Å².